The molecule has 1 saturated carbocycles. The minimum atomic E-state index is -1.56. The first kappa shape index (κ1) is 10.6. The molecule has 2 unspecified atom stereocenters. The summed E-state index contributed by atoms with van der Waals surface area (Å²) in [4.78, 5) is 0. The largest absolute Gasteiger partial charge is 0.328 e. The summed E-state index contributed by atoms with van der Waals surface area (Å²) in [5.74, 6) is -0.461. The number of rotatable bonds is 1. The van der Waals surface area contributed by atoms with Crippen LogP contribution in [0.3, 0.4) is 0 Å². The Balaban J connectivity index is 2.40. The van der Waals surface area contributed by atoms with Gasteiger partial charge in [0.05, 0.1) is 0 Å². The lowest BCUT2D eigenvalue weighted by molar-refractivity contribution is 0.166. The zero-order chi connectivity index (χ0) is 11.1. The van der Waals surface area contributed by atoms with Crippen LogP contribution in [0.2, 0.25) is 0 Å². The number of aryl methyl sites for hydroxylation is 1. The van der Waals surface area contributed by atoms with E-state index in [4.69, 9.17) is 5.73 Å². The van der Waals surface area contributed by atoms with Crippen LogP contribution in [-0.4, -0.2) is 6.04 Å². The van der Waals surface area contributed by atoms with Crippen molar-refractivity contribution < 1.29 is 8.78 Å². The normalized spacial score (nSPS) is 30.8. The lowest BCUT2D eigenvalue weighted by Crippen LogP contribution is -2.22. The van der Waals surface area contributed by atoms with Crippen LogP contribution in [0.15, 0.2) is 18.2 Å². The van der Waals surface area contributed by atoms with Crippen molar-refractivity contribution in [1.29, 1.82) is 0 Å². The van der Waals surface area contributed by atoms with Crippen LogP contribution in [0, 0.1) is 12.7 Å². The number of nitrogens with two attached hydrogens (primary N) is 1. The van der Waals surface area contributed by atoms with E-state index in [1.165, 1.54) is 6.07 Å². The molecule has 0 amide bonds. The molecule has 82 valence electrons. The van der Waals surface area contributed by atoms with E-state index >= 15 is 0 Å². The topological polar surface area (TPSA) is 26.0 Å². The zero-order valence-electron chi connectivity index (χ0n) is 8.76. The van der Waals surface area contributed by atoms with Crippen LogP contribution >= 0.6 is 0 Å². The second-order valence-electron chi connectivity index (χ2n) is 4.45. The highest BCUT2D eigenvalue weighted by Crippen LogP contribution is 2.43. The molecule has 1 aliphatic rings. The van der Waals surface area contributed by atoms with E-state index in [1.807, 2.05) is 6.92 Å². The van der Waals surface area contributed by atoms with Gasteiger partial charge in [0.15, 0.2) is 0 Å². The Bertz CT molecular complexity index is 378. The third kappa shape index (κ3) is 1.88. The van der Waals surface area contributed by atoms with Gasteiger partial charge in [0.1, 0.15) is 11.5 Å². The van der Waals surface area contributed by atoms with Gasteiger partial charge >= 0.3 is 0 Å². The van der Waals surface area contributed by atoms with E-state index in [0.29, 0.717) is 12.8 Å². The zero-order valence-corrected chi connectivity index (χ0v) is 8.76. The fraction of sp³-hybridized carbons (Fsp3) is 0.500. The summed E-state index contributed by atoms with van der Waals surface area (Å²) in [6.07, 6.45) is 1.19. The molecule has 0 spiro atoms. The van der Waals surface area contributed by atoms with Gasteiger partial charge in [0, 0.05) is 18.0 Å². The van der Waals surface area contributed by atoms with E-state index in [-0.39, 0.29) is 18.0 Å². The predicted octanol–water partition coefficient (Wildman–Crippen LogP) is 2.81. The Morgan fingerprint density at radius 3 is 2.80 bits per heavy atom. The number of benzene rings is 1. The van der Waals surface area contributed by atoms with Crippen molar-refractivity contribution in [3.05, 3.63) is 35.1 Å². The summed E-state index contributed by atoms with van der Waals surface area (Å²) in [6.45, 7) is 1.83. The van der Waals surface area contributed by atoms with Crippen LogP contribution in [0.4, 0.5) is 8.78 Å². The Hall–Kier alpha value is -0.960. The molecule has 0 heterocycles. The van der Waals surface area contributed by atoms with E-state index in [1.54, 1.807) is 12.1 Å². The molecule has 2 N–H and O–H groups in total. The monoisotopic (exact) mass is 211 g/mol. The van der Waals surface area contributed by atoms with Gasteiger partial charge in [-0.15, -0.1) is 0 Å². The number of hydrogen-bond acceptors (Lipinski definition) is 1. The molecular weight excluding hydrogens is 196 g/mol. The second-order valence-corrected chi connectivity index (χ2v) is 4.45. The average molecular weight is 211 g/mol. The molecule has 0 aromatic heterocycles. The van der Waals surface area contributed by atoms with E-state index in [2.05, 4.69) is 0 Å². The summed E-state index contributed by atoms with van der Waals surface area (Å²) >= 11 is 0. The lowest BCUT2D eigenvalue weighted by atomic mass is 9.92. The quantitative estimate of drug-likeness (QED) is 0.759. The highest BCUT2D eigenvalue weighted by molar-refractivity contribution is 5.30. The molecule has 1 nitrogen and oxygen atoms in total. The number of alkyl halides is 1. The third-order valence-corrected chi connectivity index (χ3v) is 3.10. The van der Waals surface area contributed by atoms with Crippen molar-refractivity contribution in [3.63, 3.8) is 0 Å². The van der Waals surface area contributed by atoms with Crippen molar-refractivity contribution >= 4 is 0 Å². The first-order valence-electron chi connectivity index (χ1n) is 5.22. The Labute approximate surface area is 88.3 Å². The van der Waals surface area contributed by atoms with Crippen LogP contribution in [-0.2, 0) is 5.67 Å². The van der Waals surface area contributed by atoms with Crippen molar-refractivity contribution in [1.82, 2.24) is 0 Å². The minimum Gasteiger partial charge on any atom is -0.328 e. The smallest absolute Gasteiger partial charge is 0.140 e. The fourth-order valence-corrected chi connectivity index (χ4v) is 2.26. The molecule has 15 heavy (non-hydrogen) atoms. The Morgan fingerprint density at radius 2 is 2.20 bits per heavy atom. The molecule has 1 fully saturated rings. The molecule has 1 aromatic rings. The Morgan fingerprint density at radius 1 is 1.47 bits per heavy atom. The molecule has 3 heteroatoms. The summed E-state index contributed by atoms with van der Waals surface area (Å²) < 4.78 is 27.9. The van der Waals surface area contributed by atoms with E-state index < -0.39 is 11.5 Å². The van der Waals surface area contributed by atoms with Gasteiger partial charge in [-0.1, -0.05) is 11.6 Å². The summed E-state index contributed by atoms with van der Waals surface area (Å²) in [7, 11) is 0. The summed E-state index contributed by atoms with van der Waals surface area (Å²) in [5.41, 5.74) is 5.17. The van der Waals surface area contributed by atoms with Crippen molar-refractivity contribution in [3.8, 4) is 0 Å². The molecule has 0 radical (unpaired) electrons. The van der Waals surface area contributed by atoms with Crippen molar-refractivity contribution in [2.24, 2.45) is 5.73 Å². The van der Waals surface area contributed by atoms with Crippen molar-refractivity contribution in [2.75, 3.05) is 0 Å². The lowest BCUT2D eigenvalue weighted by Gasteiger charge is -2.21. The maximum Gasteiger partial charge on any atom is 0.140 e. The third-order valence-electron chi connectivity index (χ3n) is 3.10. The molecular formula is C12H15F2N. The van der Waals surface area contributed by atoms with Gasteiger partial charge in [0.25, 0.3) is 0 Å². The molecule has 0 saturated heterocycles. The van der Waals surface area contributed by atoms with Gasteiger partial charge in [-0.05, 0) is 31.9 Å². The van der Waals surface area contributed by atoms with E-state index in [9.17, 15) is 8.78 Å². The summed E-state index contributed by atoms with van der Waals surface area (Å²) in [6, 6.07) is 4.43. The van der Waals surface area contributed by atoms with E-state index in [0.717, 1.165) is 5.56 Å². The minimum absolute atomic E-state index is 0.144. The SMILES string of the molecule is Cc1ccc(F)c(C2(F)CCC(N)C2)c1. The average Bonchev–Trinajstić information content (AvgIpc) is 2.52. The molecule has 2 rings (SSSR count). The number of halogens is 2. The first-order chi connectivity index (χ1) is 7.01. The summed E-state index contributed by atoms with van der Waals surface area (Å²) in [5, 5.41) is 0. The predicted molar refractivity (Wildman–Crippen MR) is 55.7 cm³/mol. The molecule has 1 aliphatic carbocycles. The van der Waals surface area contributed by atoms with Gasteiger partial charge in [0.2, 0.25) is 0 Å². The fourth-order valence-electron chi connectivity index (χ4n) is 2.26. The van der Waals surface area contributed by atoms with Gasteiger partial charge < -0.3 is 5.73 Å². The molecule has 0 aliphatic heterocycles. The Kier molecular flexibility index (Phi) is 2.51. The van der Waals surface area contributed by atoms with Crippen LogP contribution < -0.4 is 5.73 Å². The van der Waals surface area contributed by atoms with Gasteiger partial charge in [-0.2, -0.15) is 0 Å². The highest BCUT2D eigenvalue weighted by atomic mass is 19.1. The van der Waals surface area contributed by atoms with Crippen LogP contribution in [0.1, 0.15) is 30.4 Å². The molecule has 2 atom stereocenters. The highest BCUT2D eigenvalue weighted by Gasteiger charge is 2.41. The van der Waals surface area contributed by atoms with Crippen LogP contribution in [0.25, 0.3) is 0 Å². The molecule has 1 aromatic carbocycles. The van der Waals surface area contributed by atoms with Crippen LogP contribution in [0.5, 0.6) is 0 Å². The van der Waals surface area contributed by atoms with Gasteiger partial charge in [-0.3, -0.25) is 0 Å². The molecule has 0 bridgehead atoms. The van der Waals surface area contributed by atoms with Gasteiger partial charge in [-0.25, -0.2) is 8.78 Å². The standard InChI is InChI=1S/C12H15F2N/c1-8-2-3-11(13)10(6-8)12(14)5-4-9(15)7-12/h2-3,6,9H,4-5,7,15H2,1H3. The number of hydrogen-bond donors (Lipinski definition) is 1. The maximum atomic E-state index is 14.4. The second kappa shape index (κ2) is 3.56. The first-order valence-corrected chi connectivity index (χ1v) is 5.22. The van der Waals surface area contributed by atoms with Crippen molar-refractivity contribution in [2.45, 2.75) is 37.9 Å². The maximum absolute atomic E-state index is 14.4.